The lowest BCUT2D eigenvalue weighted by molar-refractivity contribution is 0.0517. The van der Waals surface area contributed by atoms with Crippen LogP contribution >= 0.6 is 0 Å². The van der Waals surface area contributed by atoms with Gasteiger partial charge in [-0.1, -0.05) is 0 Å². The van der Waals surface area contributed by atoms with Crippen molar-refractivity contribution in [1.82, 2.24) is 9.97 Å². The number of anilines is 1. The Morgan fingerprint density at radius 2 is 2.10 bits per heavy atom. The van der Waals surface area contributed by atoms with Crippen LogP contribution in [0.15, 0.2) is 6.20 Å². The van der Waals surface area contributed by atoms with Gasteiger partial charge in [0.25, 0.3) is 0 Å². The largest absolute Gasteiger partial charge is 0.462 e. The fourth-order valence-corrected chi connectivity index (χ4v) is 2.01. The van der Waals surface area contributed by atoms with Gasteiger partial charge < -0.3 is 19.1 Å². The van der Waals surface area contributed by atoms with E-state index in [1.54, 1.807) is 6.92 Å². The molecule has 1 saturated heterocycles. The number of carbonyl (C=O) groups excluding carboxylic acids is 1. The van der Waals surface area contributed by atoms with Crippen molar-refractivity contribution in [3.05, 3.63) is 17.5 Å². The number of ether oxygens (including phenoxy) is 3. The summed E-state index contributed by atoms with van der Waals surface area (Å²) in [5, 5.41) is 0. The average molecular weight is 295 g/mol. The van der Waals surface area contributed by atoms with Gasteiger partial charge in [0.2, 0.25) is 5.95 Å². The topological polar surface area (TPSA) is 73.8 Å². The van der Waals surface area contributed by atoms with Gasteiger partial charge in [0, 0.05) is 25.9 Å². The van der Waals surface area contributed by atoms with Gasteiger partial charge in [-0.2, -0.15) is 0 Å². The van der Waals surface area contributed by atoms with Crippen LogP contribution in [0.1, 0.15) is 29.9 Å². The van der Waals surface area contributed by atoms with Gasteiger partial charge in [-0.25, -0.2) is 14.8 Å². The van der Waals surface area contributed by atoms with Crippen molar-refractivity contribution in [2.45, 2.75) is 20.5 Å². The molecule has 0 amide bonds. The first-order valence-corrected chi connectivity index (χ1v) is 7.19. The monoisotopic (exact) mass is 295 g/mol. The minimum Gasteiger partial charge on any atom is -0.462 e. The van der Waals surface area contributed by atoms with Crippen molar-refractivity contribution < 1.29 is 19.0 Å². The second-order valence-electron chi connectivity index (χ2n) is 4.49. The Morgan fingerprint density at radius 1 is 1.33 bits per heavy atom. The molecule has 2 rings (SSSR count). The summed E-state index contributed by atoms with van der Waals surface area (Å²) in [5.74, 6) is 0.182. The van der Waals surface area contributed by atoms with Crippen LogP contribution in [-0.4, -0.2) is 55.5 Å². The normalized spacial score (nSPS) is 15.0. The van der Waals surface area contributed by atoms with Crippen LogP contribution in [0, 0.1) is 0 Å². The summed E-state index contributed by atoms with van der Waals surface area (Å²) in [4.78, 5) is 22.7. The summed E-state index contributed by atoms with van der Waals surface area (Å²) in [5.41, 5.74) is 0.925. The first-order chi connectivity index (χ1) is 10.3. The highest BCUT2D eigenvalue weighted by molar-refractivity contribution is 5.90. The highest BCUT2D eigenvalue weighted by Crippen LogP contribution is 2.15. The van der Waals surface area contributed by atoms with E-state index in [1.807, 2.05) is 11.8 Å². The number of esters is 1. The molecule has 0 N–H and O–H groups in total. The van der Waals surface area contributed by atoms with E-state index in [2.05, 4.69) is 9.97 Å². The molecule has 1 fully saturated rings. The van der Waals surface area contributed by atoms with E-state index >= 15 is 0 Å². The summed E-state index contributed by atoms with van der Waals surface area (Å²) in [7, 11) is 0. The zero-order valence-corrected chi connectivity index (χ0v) is 12.5. The maximum atomic E-state index is 11.9. The highest BCUT2D eigenvalue weighted by atomic mass is 16.5. The Hall–Kier alpha value is -1.73. The molecule has 7 heteroatoms. The molecule has 0 bridgehead atoms. The lowest BCUT2D eigenvalue weighted by Gasteiger charge is -2.27. The number of nitrogens with zero attached hydrogens (tertiary/aromatic N) is 3. The smallest absolute Gasteiger partial charge is 0.341 e. The van der Waals surface area contributed by atoms with Gasteiger partial charge in [0.1, 0.15) is 5.56 Å². The van der Waals surface area contributed by atoms with Crippen LogP contribution in [0.25, 0.3) is 0 Å². The molecule has 21 heavy (non-hydrogen) atoms. The molecule has 0 unspecified atom stereocenters. The van der Waals surface area contributed by atoms with E-state index in [9.17, 15) is 4.79 Å². The maximum absolute atomic E-state index is 11.9. The fraction of sp³-hybridized carbons (Fsp3) is 0.643. The molecular weight excluding hydrogens is 274 g/mol. The van der Waals surface area contributed by atoms with E-state index in [4.69, 9.17) is 14.2 Å². The molecule has 0 spiro atoms. The van der Waals surface area contributed by atoms with Crippen molar-refractivity contribution in [3.63, 3.8) is 0 Å². The van der Waals surface area contributed by atoms with Crippen molar-refractivity contribution in [2.24, 2.45) is 0 Å². The second kappa shape index (κ2) is 7.90. The maximum Gasteiger partial charge on any atom is 0.341 e. The minimum absolute atomic E-state index is 0.268. The van der Waals surface area contributed by atoms with Crippen LogP contribution in [0.2, 0.25) is 0 Å². The molecule has 1 aromatic rings. The molecule has 7 nitrogen and oxygen atoms in total. The summed E-state index contributed by atoms with van der Waals surface area (Å²) in [6.07, 6.45) is 1.52. The molecule has 0 aliphatic carbocycles. The van der Waals surface area contributed by atoms with E-state index in [0.717, 1.165) is 13.1 Å². The molecule has 0 atom stereocenters. The van der Waals surface area contributed by atoms with Gasteiger partial charge in [0.15, 0.2) is 0 Å². The molecule has 0 radical (unpaired) electrons. The number of hydrogen-bond donors (Lipinski definition) is 0. The zero-order chi connectivity index (χ0) is 15.1. The van der Waals surface area contributed by atoms with Crippen LogP contribution in [-0.2, 0) is 20.8 Å². The first kappa shape index (κ1) is 15.7. The summed E-state index contributed by atoms with van der Waals surface area (Å²) < 4.78 is 15.7. The number of morpholine rings is 1. The Labute approximate surface area is 124 Å². The first-order valence-electron chi connectivity index (χ1n) is 7.19. The Balaban J connectivity index is 2.22. The summed E-state index contributed by atoms with van der Waals surface area (Å²) in [6.45, 7) is 7.60. The third kappa shape index (κ3) is 4.12. The van der Waals surface area contributed by atoms with Crippen LogP contribution in [0.5, 0.6) is 0 Å². The molecule has 1 aliphatic heterocycles. The standard InChI is InChI=1S/C14H21N3O4/c1-3-19-10-12-11(13(18)21-4-2)9-15-14(16-12)17-5-7-20-8-6-17/h9H,3-8,10H2,1-2H3. The predicted molar refractivity (Wildman–Crippen MR) is 76.4 cm³/mol. The Bertz CT molecular complexity index is 475. The highest BCUT2D eigenvalue weighted by Gasteiger charge is 2.19. The molecule has 2 heterocycles. The quantitative estimate of drug-likeness (QED) is 0.725. The third-order valence-corrected chi connectivity index (χ3v) is 3.09. The Kier molecular flexibility index (Phi) is 5.89. The predicted octanol–water partition coefficient (Wildman–Crippen LogP) is 1.03. The van der Waals surface area contributed by atoms with E-state index < -0.39 is 5.97 Å². The van der Waals surface area contributed by atoms with Gasteiger partial charge in [-0.05, 0) is 13.8 Å². The lowest BCUT2D eigenvalue weighted by Crippen LogP contribution is -2.37. The number of aromatic nitrogens is 2. The minimum atomic E-state index is -0.416. The van der Waals surface area contributed by atoms with Crippen LogP contribution in [0.4, 0.5) is 5.95 Å². The average Bonchev–Trinajstić information content (AvgIpc) is 2.53. The number of rotatable bonds is 6. The SMILES string of the molecule is CCOCc1nc(N2CCOCC2)ncc1C(=O)OCC. The molecule has 0 aromatic carbocycles. The van der Waals surface area contributed by atoms with Gasteiger partial charge in [-0.3, -0.25) is 0 Å². The van der Waals surface area contributed by atoms with E-state index in [0.29, 0.717) is 43.6 Å². The van der Waals surface area contributed by atoms with E-state index in [-0.39, 0.29) is 6.61 Å². The molecule has 116 valence electrons. The van der Waals surface area contributed by atoms with Crippen LogP contribution < -0.4 is 4.90 Å². The van der Waals surface area contributed by atoms with Gasteiger partial charge in [0.05, 0.1) is 32.1 Å². The number of hydrogen-bond acceptors (Lipinski definition) is 7. The Morgan fingerprint density at radius 3 is 2.76 bits per heavy atom. The summed E-state index contributed by atoms with van der Waals surface area (Å²) in [6, 6.07) is 0. The van der Waals surface area contributed by atoms with Crippen molar-refractivity contribution >= 4 is 11.9 Å². The lowest BCUT2D eigenvalue weighted by atomic mass is 10.2. The van der Waals surface area contributed by atoms with Crippen molar-refractivity contribution in [2.75, 3.05) is 44.4 Å². The molecule has 1 aromatic heterocycles. The number of carbonyl (C=O) groups is 1. The van der Waals surface area contributed by atoms with E-state index in [1.165, 1.54) is 6.20 Å². The van der Waals surface area contributed by atoms with Crippen LogP contribution in [0.3, 0.4) is 0 Å². The van der Waals surface area contributed by atoms with Gasteiger partial charge in [-0.15, -0.1) is 0 Å². The molecule has 1 aliphatic rings. The third-order valence-electron chi connectivity index (χ3n) is 3.09. The second-order valence-corrected chi connectivity index (χ2v) is 4.49. The summed E-state index contributed by atoms with van der Waals surface area (Å²) >= 11 is 0. The van der Waals surface area contributed by atoms with Crippen molar-refractivity contribution in [1.29, 1.82) is 0 Å². The zero-order valence-electron chi connectivity index (χ0n) is 12.5. The molecular formula is C14H21N3O4. The molecule has 0 saturated carbocycles. The van der Waals surface area contributed by atoms with Crippen molar-refractivity contribution in [3.8, 4) is 0 Å². The fourth-order valence-electron chi connectivity index (χ4n) is 2.01. The van der Waals surface area contributed by atoms with Gasteiger partial charge >= 0.3 is 5.97 Å².